The van der Waals surface area contributed by atoms with Gasteiger partial charge in [-0.1, -0.05) is 0 Å². The molecule has 7 heteroatoms. The molecule has 2 aliphatic heterocycles. The lowest BCUT2D eigenvalue weighted by molar-refractivity contribution is -0.143. The number of carboxylic acid groups (broad SMARTS) is 1. The van der Waals surface area contributed by atoms with Gasteiger partial charge >= 0.3 is 12.0 Å². The van der Waals surface area contributed by atoms with Crippen molar-refractivity contribution < 1.29 is 19.5 Å². The number of aliphatic carboxylic acids is 1. The molecule has 2 heterocycles. The third-order valence-corrected chi connectivity index (χ3v) is 2.40. The monoisotopic (exact) mass is 199 g/mol. The van der Waals surface area contributed by atoms with Gasteiger partial charge in [-0.15, -0.1) is 0 Å². The van der Waals surface area contributed by atoms with Gasteiger partial charge in [-0.05, 0) is 0 Å². The SMILES string of the molecule is O=C(O)[C@@H]1CNC[C@H]2C(=O)NC(=O)N12. The first-order valence-electron chi connectivity index (χ1n) is 4.18. The minimum Gasteiger partial charge on any atom is -0.480 e. The number of hydrogen-bond donors (Lipinski definition) is 3. The van der Waals surface area contributed by atoms with E-state index in [1.54, 1.807) is 0 Å². The van der Waals surface area contributed by atoms with Crippen molar-refractivity contribution in [3.63, 3.8) is 0 Å². The van der Waals surface area contributed by atoms with Crippen LogP contribution < -0.4 is 10.6 Å². The van der Waals surface area contributed by atoms with Gasteiger partial charge in [0.2, 0.25) is 0 Å². The average Bonchev–Trinajstić information content (AvgIpc) is 2.43. The molecule has 0 radical (unpaired) electrons. The molecule has 0 bridgehead atoms. The highest BCUT2D eigenvalue weighted by Gasteiger charge is 2.47. The molecule has 2 fully saturated rings. The van der Waals surface area contributed by atoms with Crippen LogP contribution in [0, 0.1) is 0 Å². The first-order valence-corrected chi connectivity index (χ1v) is 4.18. The number of carboxylic acids is 1. The van der Waals surface area contributed by atoms with Crippen molar-refractivity contribution >= 4 is 17.9 Å². The van der Waals surface area contributed by atoms with Crippen LogP contribution in [0.1, 0.15) is 0 Å². The molecule has 0 spiro atoms. The molecule has 0 unspecified atom stereocenters. The van der Waals surface area contributed by atoms with E-state index in [0.717, 1.165) is 4.90 Å². The van der Waals surface area contributed by atoms with Crippen LogP contribution in [0.5, 0.6) is 0 Å². The minimum absolute atomic E-state index is 0.173. The third kappa shape index (κ3) is 1.13. The predicted octanol–water partition coefficient (Wildman–Crippen LogP) is -2.04. The second kappa shape index (κ2) is 2.95. The number of fused-ring (bicyclic) bond motifs is 1. The van der Waals surface area contributed by atoms with Crippen LogP contribution in [-0.4, -0.2) is 53.1 Å². The summed E-state index contributed by atoms with van der Waals surface area (Å²) < 4.78 is 0. The van der Waals surface area contributed by atoms with Crippen LogP contribution in [0.4, 0.5) is 4.79 Å². The zero-order valence-electron chi connectivity index (χ0n) is 7.19. The van der Waals surface area contributed by atoms with E-state index >= 15 is 0 Å². The minimum atomic E-state index is -1.10. The number of carbonyl (C=O) groups is 3. The van der Waals surface area contributed by atoms with Crippen LogP contribution in [0.2, 0.25) is 0 Å². The second-order valence-electron chi connectivity index (χ2n) is 3.23. The van der Waals surface area contributed by atoms with Crippen LogP contribution in [-0.2, 0) is 9.59 Å². The van der Waals surface area contributed by atoms with Crippen molar-refractivity contribution in [2.24, 2.45) is 0 Å². The molecule has 0 aromatic rings. The molecule has 0 aromatic heterocycles. The number of carbonyl (C=O) groups excluding carboxylic acids is 2. The Hall–Kier alpha value is -1.63. The van der Waals surface area contributed by atoms with E-state index in [2.05, 4.69) is 10.6 Å². The Bertz CT molecular complexity index is 316. The number of urea groups is 1. The summed E-state index contributed by atoms with van der Waals surface area (Å²) in [6.45, 7) is 0.480. The molecule has 3 N–H and O–H groups in total. The van der Waals surface area contributed by atoms with Crippen molar-refractivity contribution in [2.75, 3.05) is 13.1 Å². The molecule has 2 rings (SSSR count). The van der Waals surface area contributed by atoms with E-state index in [1.165, 1.54) is 0 Å². The molecular weight excluding hydrogens is 190 g/mol. The summed E-state index contributed by atoms with van der Waals surface area (Å²) in [7, 11) is 0. The van der Waals surface area contributed by atoms with Crippen LogP contribution in [0.25, 0.3) is 0 Å². The van der Waals surface area contributed by atoms with E-state index in [-0.39, 0.29) is 6.54 Å². The topological polar surface area (TPSA) is 98.7 Å². The third-order valence-electron chi connectivity index (χ3n) is 2.40. The number of piperazine rings is 1. The summed E-state index contributed by atoms with van der Waals surface area (Å²) in [5, 5.41) is 13.7. The van der Waals surface area contributed by atoms with E-state index in [9.17, 15) is 14.4 Å². The predicted molar refractivity (Wildman–Crippen MR) is 43.5 cm³/mol. The molecule has 2 atom stereocenters. The van der Waals surface area contributed by atoms with Gasteiger partial charge in [-0.25, -0.2) is 9.59 Å². The zero-order valence-corrected chi connectivity index (χ0v) is 7.19. The average molecular weight is 199 g/mol. The lowest BCUT2D eigenvalue weighted by Crippen LogP contribution is -2.60. The quantitative estimate of drug-likeness (QED) is 0.423. The highest BCUT2D eigenvalue weighted by atomic mass is 16.4. The second-order valence-corrected chi connectivity index (χ2v) is 3.23. The first-order chi connectivity index (χ1) is 6.61. The molecule has 0 saturated carbocycles. The summed E-state index contributed by atoms with van der Waals surface area (Å²) in [6.07, 6.45) is 0. The van der Waals surface area contributed by atoms with Crippen molar-refractivity contribution in [3.05, 3.63) is 0 Å². The van der Waals surface area contributed by atoms with E-state index < -0.39 is 30.0 Å². The van der Waals surface area contributed by atoms with Crippen LogP contribution in [0.15, 0.2) is 0 Å². The van der Waals surface area contributed by atoms with Crippen molar-refractivity contribution in [2.45, 2.75) is 12.1 Å². The van der Waals surface area contributed by atoms with Crippen molar-refractivity contribution in [3.8, 4) is 0 Å². The molecule has 3 amide bonds. The van der Waals surface area contributed by atoms with Gasteiger partial charge < -0.3 is 10.4 Å². The molecular formula is C7H9N3O4. The maximum Gasteiger partial charge on any atom is 0.327 e. The Morgan fingerprint density at radius 1 is 1.43 bits per heavy atom. The van der Waals surface area contributed by atoms with Crippen LogP contribution in [0.3, 0.4) is 0 Å². The normalized spacial score (nSPS) is 31.3. The number of hydrogen-bond acceptors (Lipinski definition) is 4. The van der Waals surface area contributed by atoms with Crippen molar-refractivity contribution in [1.29, 1.82) is 0 Å². The van der Waals surface area contributed by atoms with Gasteiger partial charge in [0.1, 0.15) is 12.1 Å². The standard InChI is InChI=1S/C7H9N3O4/c11-5-3-1-8-2-4(6(12)13)10(3)7(14)9-5/h3-4,8H,1-2H2,(H,12,13)(H,9,11,14)/t3-,4-/m0/s1. The fourth-order valence-corrected chi connectivity index (χ4v) is 1.73. The molecule has 2 aliphatic rings. The maximum atomic E-state index is 11.2. The van der Waals surface area contributed by atoms with Gasteiger partial charge in [-0.2, -0.15) is 0 Å². The maximum absolute atomic E-state index is 11.2. The highest BCUT2D eigenvalue weighted by molar-refractivity contribution is 6.06. The summed E-state index contributed by atoms with van der Waals surface area (Å²) in [5.41, 5.74) is 0. The van der Waals surface area contributed by atoms with Crippen molar-refractivity contribution in [1.82, 2.24) is 15.5 Å². The Morgan fingerprint density at radius 3 is 2.79 bits per heavy atom. The van der Waals surface area contributed by atoms with E-state index in [4.69, 9.17) is 5.11 Å². The highest BCUT2D eigenvalue weighted by Crippen LogP contribution is 2.15. The Labute approximate surface area is 79.1 Å². The largest absolute Gasteiger partial charge is 0.480 e. The fourth-order valence-electron chi connectivity index (χ4n) is 1.73. The molecule has 0 aliphatic carbocycles. The smallest absolute Gasteiger partial charge is 0.327 e. The van der Waals surface area contributed by atoms with E-state index in [1.807, 2.05) is 0 Å². The molecule has 2 saturated heterocycles. The van der Waals surface area contributed by atoms with Crippen LogP contribution >= 0.6 is 0 Å². The molecule has 7 nitrogen and oxygen atoms in total. The number of amides is 3. The Morgan fingerprint density at radius 2 is 2.14 bits per heavy atom. The lowest BCUT2D eigenvalue weighted by Gasteiger charge is -2.32. The fraction of sp³-hybridized carbons (Fsp3) is 0.571. The molecule has 0 aromatic carbocycles. The van der Waals surface area contributed by atoms with Gasteiger partial charge in [0, 0.05) is 13.1 Å². The number of nitrogens with zero attached hydrogens (tertiary/aromatic N) is 1. The lowest BCUT2D eigenvalue weighted by atomic mass is 10.1. The molecule has 14 heavy (non-hydrogen) atoms. The first kappa shape index (κ1) is 8.95. The summed E-state index contributed by atoms with van der Waals surface area (Å²) >= 11 is 0. The number of nitrogens with one attached hydrogen (secondary N) is 2. The van der Waals surface area contributed by atoms with Gasteiger partial charge in [0.05, 0.1) is 0 Å². The van der Waals surface area contributed by atoms with Gasteiger partial charge in [0.25, 0.3) is 5.91 Å². The Kier molecular flexibility index (Phi) is 1.88. The Balaban J connectivity index is 2.27. The summed E-state index contributed by atoms with van der Waals surface area (Å²) in [5.74, 6) is -1.54. The van der Waals surface area contributed by atoms with Gasteiger partial charge in [-0.3, -0.25) is 15.0 Å². The zero-order chi connectivity index (χ0) is 10.3. The molecule has 76 valence electrons. The number of rotatable bonds is 1. The number of imide groups is 1. The summed E-state index contributed by atoms with van der Waals surface area (Å²) in [4.78, 5) is 34.3. The summed E-state index contributed by atoms with van der Waals surface area (Å²) in [6, 6.07) is -2.26. The van der Waals surface area contributed by atoms with Gasteiger partial charge in [0.15, 0.2) is 0 Å². The van der Waals surface area contributed by atoms with E-state index in [0.29, 0.717) is 6.54 Å².